The van der Waals surface area contributed by atoms with Crippen molar-refractivity contribution in [1.82, 2.24) is 20.0 Å². The fraction of sp³-hybridized carbons (Fsp3) is 0.667. The van der Waals surface area contributed by atoms with Crippen LogP contribution in [0.25, 0.3) is 0 Å². The highest BCUT2D eigenvalue weighted by Crippen LogP contribution is 2.25. The van der Waals surface area contributed by atoms with Gasteiger partial charge < -0.3 is 15.1 Å². The molecule has 0 bridgehead atoms. The fourth-order valence-electron chi connectivity index (χ4n) is 4.74. The Balaban J connectivity index is 1.52. The third-order valence-corrected chi connectivity index (χ3v) is 6.71. The van der Waals surface area contributed by atoms with Gasteiger partial charge in [0, 0.05) is 58.3 Å². The number of carbonyl (C=O) groups excluding carboxylic acids is 1. The zero-order valence-corrected chi connectivity index (χ0v) is 19.4. The van der Waals surface area contributed by atoms with Gasteiger partial charge in [0.05, 0.1) is 6.04 Å². The molecule has 30 heavy (non-hydrogen) atoms. The van der Waals surface area contributed by atoms with Gasteiger partial charge in [-0.15, -0.1) is 0 Å². The molecule has 0 spiro atoms. The maximum Gasteiger partial charge on any atom is 0.239 e. The Bertz CT molecular complexity index is 746. The number of piperazine rings is 1. The maximum atomic E-state index is 12.7. The van der Waals surface area contributed by atoms with Crippen LogP contribution in [0.1, 0.15) is 44.7 Å². The van der Waals surface area contributed by atoms with E-state index in [-0.39, 0.29) is 11.5 Å². The lowest BCUT2D eigenvalue weighted by molar-refractivity contribution is -0.135. The molecule has 1 unspecified atom stereocenters. The van der Waals surface area contributed by atoms with E-state index in [4.69, 9.17) is 0 Å². The summed E-state index contributed by atoms with van der Waals surface area (Å²) in [7, 11) is 1.86. The number of rotatable bonds is 5. The van der Waals surface area contributed by atoms with E-state index in [1.165, 1.54) is 11.1 Å². The Morgan fingerprint density at radius 3 is 2.30 bits per heavy atom. The quantitative estimate of drug-likeness (QED) is 0.595. The Hall–Kier alpha value is -2.08. The highest BCUT2D eigenvalue weighted by molar-refractivity contribution is 5.82. The summed E-state index contributed by atoms with van der Waals surface area (Å²) < 4.78 is 0. The molecule has 0 radical (unpaired) electrons. The summed E-state index contributed by atoms with van der Waals surface area (Å²) in [4.78, 5) is 23.9. The van der Waals surface area contributed by atoms with Crippen molar-refractivity contribution in [3.8, 4) is 0 Å². The first-order chi connectivity index (χ1) is 14.3. The molecule has 166 valence electrons. The third-order valence-electron chi connectivity index (χ3n) is 6.71. The molecule has 6 nitrogen and oxygen atoms in total. The van der Waals surface area contributed by atoms with Gasteiger partial charge in [-0.3, -0.25) is 14.7 Å². The van der Waals surface area contributed by atoms with Crippen molar-refractivity contribution in [1.29, 1.82) is 0 Å². The number of nitrogens with zero attached hydrogens (tertiary/aromatic N) is 4. The number of aliphatic imine (C=N–C) groups is 1. The number of carbonyl (C=O) groups is 1. The monoisotopic (exact) mass is 413 g/mol. The minimum atomic E-state index is -0.0276. The number of amides is 1. The zero-order chi connectivity index (χ0) is 21.7. The first-order valence-corrected chi connectivity index (χ1v) is 11.4. The molecule has 0 aliphatic carbocycles. The zero-order valence-electron chi connectivity index (χ0n) is 19.4. The van der Waals surface area contributed by atoms with Gasteiger partial charge in [0.2, 0.25) is 5.91 Å². The number of likely N-dealkylation sites (tertiary alicyclic amines) is 1. The molecular weight excluding hydrogens is 374 g/mol. The summed E-state index contributed by atoms with van der Waals surface area (Å²) >= 11 is 0. The highest BCUT2D eigenvalue weighted by Gasteiger charge is 2.31. The number of nitrogens with one attached hydrogen (secondary N) is 1. The minimum absolute atomic E-state index is 0.0137. The van der Waals surface area contributed by atoms with Crippen LogP contribution >= 0.6 is 0 Å². The van der Waals surface area contributed by atoms with Crippen LogP contribution in [-0.2, 0) is 10.2 Å². The second-order valence-electron chi connectivity index (χ2n) is 9.33. The van der Waals surface area contributed by atoms with E-state index in [2.05, 4.69) is 72.1 Å². The third kappa shape index (κ3) is 5.15. The van der Waals surface area contributed by atoms with E-state index >= 15 is 0 Å². The smallest absolute Gasteiger partial charge is 0.239 e. The van der Waals surface area contributed by atoms with Gasteiger partial charge in [0.1, 0.15) is 0 Å². The van der Waals surface area contributed by atoms with E-state index in [1.807, 2.05) is 11.9 Å². The summed E-state index contributed by atoms with van der Waals surface area (Å²) in [6, 6.07) is 8.58. The highest BCUT2D eigenvalue weighted by atomic mass is 16.2. The molecule has 6 heteroatoms. The van der Waals surface area contributed by atoms with Crippen LogP contribution in [0.5, 0.6) is 0 Å². The number of hydrogen-bond acceptors (Lipinski definition) is 3. The molecule has 2 heterocycles. The molecule has 3 rings (SSSR count). The molecule has 2 aliphatic heterocycles. The van der Waals surface area contributed by atoms with Crippen molar-refractivity contribution >= 4 is 11.9 Å². The lowest BCUT2D eigenvalue weighted by Crippen LogP contribution is -2.57. The van der Waals surface area contributed by atoms with E-state index in [0.717, 1.165) is 64.6 Å². The predicted octanol–water partition coefficient (Wildman–Crippen LogP) is 2.48. The van der Waals surface area contributed by atoms with Crippen LogP contribution in [-0.4, -0.2) is 85.5 Å². The van der Waals surface area contributed by atoms with Crippen molar-refractivity contribution in [3.63, 3.8) is 0 Å². The normalized spacial score (nSPS) is 19.8. The summed E-state index contributed by atoms with van der Waals surface area (Å²) in [5.41, 5.74) is 2.70. The minimum Gasteiger partial charge on any atom is -0.355 e. The Morgan fingerprint density at radius 1 is 1.07 bits per heavy atom. The number of benzene rings is 1. The van der Waals surface area contributed by atoms with Crippen LogP contribution in [0.15, 0.2) is 29.3 Å². The number of guanidine groups is 1. The van der Waals surface area contributed by atoms with Crippen molar-refractivity contribution < 1.29 is 4.79 Å². The van der Waals surface area contributed by atoms with Crippen molar-refractivity contribution in [3.05, 3.63) is 35.4 Å². The molecule has 1 aromatic rings. The van der Waals surface area contributed by atoms with Gasteiger partial charge in [-0.1, -0.05) is 38.1 Å². The largest absolute Gasteiger partial charge is 0.355 e. The van der Waals surface area contributed by atoms with Crippen LogP contribution in [0.2, 0.25) is 0 Å². The molecule has 2 fully saturated rings. The molecule has 0 aromatic heterocycles. The van der Waals surface area contributed by atoms with Gasteiger partial charge in [0.15, 0.2) is 5.96 Å². The molecule has 0 saturated carbocycles. The lowest BCUT2D eigenvalue weighted by atomic mass is 9.82. The van der Waals surface area contributed by atoms with Crippen LogP contribution < -0.4 is 5.32 Å². The fourth-order valence-corrected chi connectivity index (χ4v) is 4.74. The van der Waals surface area contributed by atoms with E-state index < -0.39 is 0 Å². The lowest BCUT2D eigenvalue weighted by Gasteiger charge is -2.40. The molecule has 2 aliphatic rings. The van der Waals surface area contributed by atoms with E-state index in [9.17, 15) is 4.79 Å². The van der Waals surface area contributed by atoms with Crippen LogP contribution in [0, 0.1) is 6.92 Å². The average Bonchev–Trinajstić information content (AvgIpc) is 3.28. The summed E-state index contributed by atoms with van der Waals surface area (Å²) in [6.45, 7) is 15.0. The van der Waals surface area contributed by atoms with Crippen molar-refractivity contribution in [2.75, 3.05) is 52.9 Å². The molecule has 1 atom stereocenters. The summed E-state index contributed by atoms with van der Waals surface area (Å²) in [5.74, 6) is 1.25. The first kappa shape index (κ1) is 22.6. The second kappa shape index (κ2) is 9.82. The maximum absolute atomic E-state index is 12.7. The van der Waals surface area contributed by atoms with Crippen LogP contribution in [0.4, 0.5) is 0 Å². The Morgan fingerprint density at radius 2 is 1.70 bits per heavy atom. The second-order valence-corrected chi connectivity index (χ2v) is 9.33. The standard InChI is InChI=1S/C24H39N5O/c1-19-10-6-7-11-21(19)24(3,4)18-26-23(25-5)29-16-14-27(15-17-29)20(2)22(30)28-12-8-9-13-28/h6-7,10-11,20H,8-9,12-18H2,1-5H3,(H,25,26). The van der Waals surface area contributed by atoms with E-state index in [0.29, 0.717) is 5.91 Å². The average molecular weight is 414 g/mol. The van der Waals surface area contributed by atoms with Gasteiger partial charge in [-0.05, 0) is 37.8 Å². The molecular formula is C24H39N5O. The summed E-state index contributed by atoms with van der Waals surface area (Å²) in [5, 5.41) is 3.60. The van der Waals surface area contributed by atoms with Crippen molar-refractivity contribution in [2.24, 2.45) is 4.99 Å². The molecule has 2 saturated heterocycles. The topological polar surface area (TPSA) is 51.2 Å². The van der Waals surface area contributed by atoms with Gasteiger partial charge >= 0.3 is 0 Å². The van der Waals surface area contributed by atoms with E-state index in [1.54, 1.807) is 0 Å². The van der Waals surface area contributed by atoms with Crippen molar-refractivity contribution in [2.45, 2.75) is 52.0 Å². The molecule has 1 aromatic carbocycles. The van der Waals surface area contributed by atoms with Gasteiger partial charge in [-0.25, -0.2) is 0 Å². The molecule has 1 N–H and O–H groups in total. The van der Waals surface area contributed by atoms with Gasteiger partial charge in [-0.2, -0.15) is 0 Å². The summed E-state index contributed by atoms with van der Waals surface area (Å²) in [6.07, 6.45) is 2.29. The molecule has 1 amide bonds. The Kier molecular flexibility index (Phi) is 7.40. The van der Waals surface area contributed by atoms with Gasteiger partial charge in [0.25, 0.3) is 0 Å². The predicted molar refractivity (Wildman–Crippen MR) is 124 cm³/mol. The SMILES string of the molecule is CN=C(NCC(C)(C)c1ccccc1C)N1CCN(C(C)C(=O)N2CCCC2)CC1. The number of aryl methyl sites for hydroxylation is 1. The Labute approximate surface area is 182 Å². The van der Waals surface area contributed by atoms with Crippen LogP contribution in [0.3, 0.4) is 0 Å². The first-order valence-electron chi connectivity index (χ1n) is 11.4. The number of hydrogen-bond donors (Lipinski definition) is 1.